The van der Waals surface area contributed by atoms with Gasteiger partial charge in [0.25, 0.3) is 0 Å². The summed E-state index contributed by atoms with van der Waals surface area (Å²) in [4.78, 5) is 16.4. The quantitative estimate of drug-likeness (QED) is 0.573. The Hall–Kier alpha value is -1.58. The molecule has 0 radical (unpaired) electrons. The van der Waals surface area contributed by atoms with Gasteiger partial charge in [-0.25, -0.2) is 14.5 Å². The largest absolute Gasteiger partial charge is 1.00 e. The van der Waals surface area contributed by atoms with Crippen LogP contribution < -0.4 is 71.6 Å². The predicted molar refractivity (Wildman–Crippen MR) is 102 cm³/mol. The second-order valence-corrected chi connectivity index (χ2v) is 6.22. The van der Waals surface area contributed by atoms with Crippen LogP contribution in [0.1, 0.15) is 0 Å². The van der Waals surface area contributed by atoms with Gasteiger partial charge in [-0.3, -0.25) is 0 Å². The Kier molecular flexibility index (Phi) is 6.77. The number of piperazine rings is 1. The van der Waals surface area contributed by atoms with Crippen LogP contribution in [0.15, 0.2) is 59.7 Å². The summed E-state index contributed by atoms with van der Waals surface area (Å²) in [6.07, 6.45) is 1.49. The molecule has 134 valence electrons. The van der Waals surface area contributed by atoms with Crippen molar-refractivity contribution < 1.29 is 56.1 Å². The number of nitrogens with one attached hydrogen (secondary N) is 1. The zero-order valence-corrected chi connectivity index (χ0v) is 18.8. The number of aromatic nitrogens is 3. The number of hydrogen-bond acceptors (Lipinski definition) is 5. The first-order valence-electron chi connectivity index (χ1n) is 8.61. The smallest absolute Gasteiger partial charge is 0.497 e. The van der Waals surface area contributed by atoms with Gasteiger partial charge in [-0.1, -0.05) is 0 Å². The normalized spacial score (nSPS) is 14.0. The predicted octanol–water partition coefficient (Wildman–Crippen LogP) is -1.10. The minimum absolute atomic E-state index is 0. The van der Waals surface area contributed by atoms with Crippen LogP contribution in [0.5, 0.6) is 5.75 Å². The fourth-order valence-electron chi connectivity index (χ4n) is 3.27. The molecule has 27 heavy (non-hydrogen) atoms. The maximum Gasteiger partial charge on any atom is 1.00 e. The van der Waals surface area contributed by atoms with Crippen LogP contribution in [-0.2, 0) is 0 Å². The Morgan fingerprint density at radius 3 is 1.78 bits per heavy atom. The number of rotatable bonds is 4. The number of benzene rings is 2. The summed E-state index contributed by atoms with van der Waals surface area (Å²) in [5, 5.41) is 6.17. The maximum absolute atomic E-state index is 11.6. The minimum Gasteiger partial charge on any atom is -0.497 e. The van der Waals surface area contributed by atoms with Crippen LogP contribution in [-0.4, -0.2) is 48.1 Å². The molecule has 3 aromatic rings. The number of anilines is 2. The first-order valence-corrected chi connectivity index (χ1v) is 8.61. The Morgan fingerprint density at radius 1 is 0.852 bits per heavy atom. The molecule has 1 fully saturated rings. The van der Waals surface area contributed by atoms with Crippen molar-refractivity contribution in [3.63, 3.8) is 0 Å². The van der Waals surface area contributed by atoms with E-state index < -0.39 is 0 Å². The van der Waals surface area contributed by atoms with Gasteiger partial charge in [0, 0.05) is 37.6 Å². The molecule has 1 aliphatic rings. The monoisotopic (exact) mass is 390 g/mol. The van der Waals surface area contributed by atoms with E-state index in [1.165, 1.54) is 22.3 Å². The van der Waals surface area contributed by atoms with Gasteiger partial charge >= 0.3 is 57.1 Å². The van der Waals surface area contributed by atoms with E-state index >= 15 is 0 Å². The average Bonchev–Trinajstić information content (AvgIpc) is 3.14. The number of nitrogens with zero attached hydrogens (tertiary/aromatic N) is 4. The fourth-order valence-corrected chi connectivity index (χ4v) is 3.27. The molecule has 1 saturated heterocycles. The van der Waals surface area contributed by atoms with Crippen molar-refractivity contribution in [1.29, 1.82) is 0 Å². The second-order valence-electron chi connectivity index (χ2n) is 6.22. The van der Waals surface area contributed by atoms with E-state index in [1.54, 1.807) is 7.11 Å². The Balaban J connectivity index is 0.00000210. The van der Waals surface area contributed by atoms with Gasteiger partial charge in [0.05, 0.1) is 12.8 Å². The topological polar surface area (TPSA) is 66.4 Å². The Bertz CT molecular complexity index is 912. The third kappa shape index (κ3) is 4.47. The van der Waals surface area contributed by atoms with Crippen LogP contribution >= 0.6 is 0 Å². The zero-order chi connectivity index (χ0) is 17.9. The minimum atomic E-state index is -0.231. The fraction of sp³-hybridized carbons (Fsp3) is 0.263. The van der Waals surface area contributed by atoms with E-state index in [2.05, 4.69) is 44.3 Å². The maximum atomic E-state index is 11.6. The van der Waals surface area contributed by atoms with Crippen molar-refractivity contribution in [3.05, 3.63) is 65.3 Å². The molecule has 0 unspecified atom stereocenters. The first-order chi connectivity index (χ1) is 12.7. The van der Waals surface area contributed by atoms with Gasteiger partial charge in [0.2, 0.25) is 0 Å². The average molecular weight is 391 g/mol. The van der Waals surface area contributed by atoms with Gasteiger partial charge in [-0.2, -0.15) is 5.10 Å². The Labute approximate surface area is 200 Å². The molecule has 0 spiro atoms. The number of methoxy groups -OCH3 is 1. The standard InChI is InChI=1S/C19H21N5O2.K/c1-26-18-8-6-16(7-9-18)23-12-10-22(11-13-23)15-2-4-17(5-3-15)24-14-20-21-19(24)25;/h2-9,14H,10-13H2,1H3,(H,21,25);/q;+1. The van der Waals surface area contributed by atoms with Crippen molar-refractivity contribution in [2.45, 2.75) is 0 Å². The molecule has 1 aliphatic heterocycles. The molecule has 1 N–H and O–H groups in total. The number of H-pyrrole nitrogens is 1. The van der Waals surface area contributed by atoms with Crippen molar-refractivity contribution >= 4 is 11.4 Å². The molecule has 0 atom stereocenters. The van der Waals surface area contributed by atoms with Crippen molar-refractivity contribution in [3.8, 4) is 11.4 Å². The molecular weight excluding hydrogens is 369 g/mol. The molecule has 0 bridgehead atoms. The number of aromatic amines is 1. The second kappa shape index (κ2) is 9.07. The van der Waals surface area contributed by atoms with Crippen LogP contribution in [0.3, 0.4) is 0 Å². The SMILES string of the molecule is COc1ccc(N2CCN(c3ccc(-n4cn[nH]c4=O)cc3)CC2)cc1.[K+]. The molecule has 0 amide bonds. The zero-order valence-electron chi connectivity index (χ0n) is 15.6. The molecule has 4 rings (SSSR count). The van der Waals surface area contributed by atoms with Crippen LogP contribution in [0.25, 0.3) is 5.69 Å². The summed E-state index contributed by atoms with van der Waals surface area (Å²) >= 11 is 0. The van der Waals surface area contributed by atoms with E-state index in [4.69, 9.17) is 4.74 Å². The molecule has 0 aliphatic carbocycles. The summed E-state index contributed by atoms with van der Waals surface area (Å²) in [5.41, 5.74) is 2.97. The molecule has 7 nitrogen and oxygen atoms in total. The molecule has 2 aromatic carbocycles. The molecule has 1 aromatic heterocycles. The van der Waals surface area contributed by atoms with Crippen LogP contribution in [0.4, 0.5) is 11.4 Å². The van der Waals surface area contributed by atoms with Gasteiger partial charge < -0.3 is 14.5 Å². The van der Waals surface area contributed by atoms with Crippen molar-refractivity contribution in [2.24, 2.45) is 0 Å². The van der Waals surface area contributed by atoms with Crippen LogP contribution in [0.2, 0.25) is 0 Å². The van der Waals surface area contributed by atoms with Crippen molar-refractivity contribution in [1.82, 2.24) is 14.8 Å². The van der Waals surface area contributed by atoms with Gasteiger partial charge in [0.15, 0.2) is 0 Å². The Morgan fingerprint density at radius 2 is 1.33 bits per heavy atom. The van der Waals surface area contributed by atoms with E-state index in [1.807, 2.05) is 24.3 Å². The van der Waals surface area contributed by atoms with Crippen LogP contribution in [0, 0.1) is 0 Å². The summed E-state index contributed by atoms with van der Waals surface area (Å²) in [5.74, 6) is 0.879. The number of hydrogen-bond donors (Lipinski definition) is 1. The molecular formula is C19H21KN5O2+. The first kappa shape index (κ1) is 20.2. The summed E-state index contributed by atoms with van der Waals surface area (Å²) in [7, 11) is 1.68. The third-order valence-corrected chi connectivity index (χ3v) is 4.76. The van der Waals surface area contributed by atoms with E-state index in [0.717, 1.165) is 37.6 Å². The summed E-state index contributed by atoms with van der Waals surface area (Å²) in [6, 6.07) is 16.2. The third-order valence-electron chi connectivity index (χ3n) is 4.76. The van der Waals surface area contributed by atoms with Gasteiger partial charge in [-0.05, 0) is 48.5 Å². The molecule has 8 heteroatoms. The number of ether oxygens (including phenoxy) is 1. The van der Waals surface area contributed by atoms with E-state index in [-0.39, 0.29) is 57.1 Å². The summed E-state index contributed by atoms with van der Waals surface area (Å²) in [6.45, 7) is 3.85. The molecule has 2 heterocycles. The van der Waals surface area contributed by atoms with E-state index in [0.29, 0.717) is 0 Å². The van der Waals surface area contributed by atoms with Gasteiger partial charge in [0.1, 0.15) is 12.1 Å². The van der Waals surface area contributed by atoms with E-state index in [9.17, 15) is 4.79 Å². The molecule has 0 saturated carbocycles. The summed E-state index contributed by atoms with van der Waals surface area (Å²) < 4.78 is 6.71. The van der Waals surface area contributed by atoms with Gasteiger partial charge in [-0.15, -0.1) is 0 Å². The van der Waals surface area contributed by atoms with Crippen molar-refractivity contribution in [2.75, 3.05) is 43.1 Å².